The van der Waals surface area contributed by atoms with Crippen LogP contribution in [0.3, 0.4) is 0 Å². The quantitative estimate of drug-likeness (QED) is 0.626. The Labute approximate surface area is 173 Å². The highest BCUT2D eigenvalue weighted by atomic mass is 16.5. The van der Waals surface area contributed by atoms with Gasteiger partial charge >= 0.3 is 0 Å². The minimum Gasteiger partial charge on any atom is -0.497 e. The maximum Gasteiger partial charge on any atom is 0.241 e. The van der Waals surface area contributed by atoms with Crippen LogP contribution in [-0.2, 0) is 11.3 Å². The second-order valence-corrected chi connectivity index (χ2v) is 7.90. The first-order valence-electron chi connectivity index (χ1n) is 9.94. The third-order valence-corrected chi connectivity index (χ3v) is 5.51. The molecule has 1 atom stereocenters. The van der Waals surface area contributed by atoms with Crippen molar-refractivity contribution in [3.8, 4) is 5.75 Å². The van der Waals surface area contributed by atoms with Gasteiger partial charge in [0.1, 0.15) is 5.75 Å². The van der Waals surface area contributed by atoms with Crippen molar-refractivity contribution in [2.24, 2.45) is 0 Å². The molecule has 0 bridgehead atoms. The van der Waals surface area contributed by atoms with E-state index < -0.39 is 0 Å². The van der Waals surface area contributed by atoms with Gasteiger partial charge in [0.2, 0.25) is 5.91 Å². The highest BCUT2D eigenvalue weighted by molar-refractivity contribution is 5.96. The van der Waals surface area contributed by atoms with Gasteiger partial charge in [0.05, 0.1) is 13.2 Å². The van der Waals surface area contributed by atoms with E-state index in [4.69, 9.17) is 4.74 Å². The lowest BCUT2D eigenvalue weighted by Crippen LogP contribution is -2.39. The maximum atomic E-state index is 12.8. The Hall–Kier alpha value is -2.85. The fraction of sp³-hybridized carbons (Fsp3) is 0.320. The second kappa shape index (κ2) is 8.66. The van der Waals surface area contributed by atoms with Crippen LogP contribution in [0.25, 0.3) is 10.8 Å². The molecule has 0 heterocycles. The first-order chi connectivity index (χ1) is 13.8. The molecule has 0 spiro atoms. The number of carbonyl (C=O) groups excluding carboxylic acids is 1. The zero-order valence-electron chi connectivity index (χ0n) is 18.2. The van der Waals surface area contributed by atoms with Crippen LogP contribution in [0.5, 0.6) is 5.75 Å². The van der Waals surface area contributed by atoms with E-state index in [-0.39, 0.29) is 11.9 Å². The van der Waals surface area contributed by atoms with Crippen molar-refractivity contribution in [2.75, 3.05) is 19.5 Å². The van der Waals surface area contributed by atoms with E-state index >= 15 is 0 Å². The number of amides is 1. The van der Waals surface area contributed by atoms with Gasteiger partial charge in [-0.2, -0.15) is 0 Å². The molecule has 4 nitrogen and oxygen atoms in total. The number of ether oxygens (including phenoxy) is 1. The molecule has 29 heavy (non-hydrogen) atoms. The minimum absolute atomic E-state index is 0.00748. The van der Waals surface area contributed by atoms with Crippen LogP contribution in [0.2, 0.25) is 0 Å². The number of aryl methyl sites for hydroxylation is 3. The normalized spacial score (nSPS) is 12.2. The Morgan fingerprint density at radius 1 is 1.00 bits per heavy atom. The van der Waals surface area contributed by atoms with Gasteiger partial charge in [0.25, 0.3) is 0 Å². The number of rotatable bonds is 6. The van der Waals surface area contributed by atoms with Gasteiger partial charge in [-0.3, -0.25) is 9.69 Å². The van der Waals surface area contributed by atoms with Gasteiger partial charge < -0.3 is 10.1 Å². The van der Waals surface area contributed by atoms with Gasteiger partial charge in [-0.25, -0.2) is 0 Å². The van der Waals surface area contributed by atoms with Crippen LogP contribution in [-0.4, -0.2) is 31.0 Å². The zero-order chi connectivity index (χ0) is 21.1. The van der Waals surface area contributed by atoms with Gasteiger partial charge in [-0.15, -0.1) is 0 Å². The first-order valence-corrected chi connectivity index (χ1v) is 9.94. The highest BCUT2D eigenvalue weighted by Crippen LogP contribution is 2.24. The van der Waals surface area contributed by atoms with Crippen LogP contribution in [0, 0.1) is 20.8 Å². The van der Waals surface area contributed by atoms with Gasteiger partial charge in [-0.05, 0) is 80.4 Å². The van der Waals surface area contributed by atoms with Gasteiger partial charge in [0, 0.05) is 12.2 Å². The highest BCUT2D eigenvalue weighted by Gasteiger charge is 2.20. The smallest absolute Gasteiger partial charge is 0.241 e. The molecule has 1 amide bonds. The summed E-state index contributed by atoms with van der Waals surface area (Å²) in [4.78, 5) is 14.9. The molecular formula is C25H30N2O2. The molecule has 4 heteroatoms. The summed E-state index contributed by atoms with van der Waals surface area (Å²) in [5.41, 5.74) is 5.48. The number of hydrogen-bond donors (Lipinski definition) is 1. The number of fused-ring (bicyclic) bond motifs is 1. The van der Waals surface area contributed by atoms with E-state index in [9.17, 15) is 4.79 Å². The molecule has 0 aliphatic carbocycles. The molecule has 0 aliphatic heterocycles. The molecule has 0 unspecified atom stereocenters. The van der Waals surface area contributed by atoms with Crippen molar-refractivity contribution >= 4 is 22.4 Å². The predicted octanol–water partition coefficient (Wildman–Crippen LogP) is 5.23. The molecule has 3 aromatic rings. The monoisotopic (exact) mass is 390 g/mol. The third-order valence-electron chi connectivity index (χ3n) is 5.51. The van der Waals surface area contributed by atoms with Crippen molar-refractivity contribution in [3.63, 3.8) is 0 Å². The number of likely N-dealkylation sites (N-methyl/N-ethyl adjacent to an activating group) is 1. The Balaban J connectivity index is 1.70. The Morgan fingerprint density at radius 2 is 1.62 bits per heavy atom. The molecule has 1 N–H and O–H groups in total. The molecule has 0 fully saturated rings. The van der Waals surface area contributed by atoms with Gasteiger partial charge in [0.15, 0.2) is 0 Å². The van der Waals surface area contributed by atoms with Crippen LogP contribution in [0.4, 0.5) is 5.69 Å². The number of benzene rings is 3. The number of carbonyl (C=O) groups is 1. The molecule has 3 aromatic carbocycles. The van der Waals surface area contributed by atoms with E-state index in [0.717, 1.165) is 28.0 Å². The van der Waals surface area contributed by atoms with E-state index in [2.05, 4.69) is 53.5 Å². The largest absolute Gasteiger partial charge is 0.497 e. The average molecular weight is 391 g/mol. The summed E-state index contributed by atoms with van der Waals surface area (Å²) in [6.07, 6.45) is 0. The summed E-state index contributed by atoms with van der Waals surface area (Å²) in [6.45, 7) is 8.78. The first kappa shape index (κ1) is 20.9. The van der Waals surface area contributed by atoms with Crippen LogP contribution in [0.1, 0.15) is 29.2 Å². The summed E-state index contributed by atoms with van der Waals surface area (Å²) in [6, 6.07) is 16.4. The van der Waals surface area contributed by atoms with Gasteiger partial charge in [-0.1, -0.05) is 35.9 Å². The van der Waals surface area contributed by atoms with E-state index in [1.807, 2.05) is 40.0 Å². The molecule has 0 radical (unpaired) electrons. The molecule has 0 saturated heterocycles. The Kier molecular flexibility index (Phi) is 6.23. The zero-order valence-corrected chi connectivity index (χ0v) is 18.2. The van der Waals surface area contributed by atoms with Crippen molar-refractivity contribution in [2.45, 2.75) is 40.3 Å². The van der Waals surface area contributed by atoms with E-state index in [1.54, 1.807) is 7.11 Å². The Bertz CT molecular complexity index is 1020. The SMILES string of the molecule is COc1ccc2cc(CN(C)[C@H](C)C(=O)Nc3c(C)cc(C)cc3C)ccc2c1. The lowest BCUT2D eigenvalue weighted by molar-refractivity contribution is -0.120. The molecule has 0 saturated carbocycles. The molecule has 152 valence electrons. The number of hydrogen-bond acceptors (Lipinski definition) is 3. The average Bonchev–Trinajstić information content (AvgIpc) is 2.69. The fourth-order valence-corrected chi connectivity index (χ4v) is 3.73. The topological polar surface area (TPSA) is 41.6 Å². The molecule has 3 rings (SSSR count). The standard InChI is InChI=1S/C25H30N2O2/c1-16-11-17(2)24(18(3)12-16)26-25(28)19(4)27(5)15-20-7-8-22-14-23(29-6)10-9-21(22)13-20/h7-14,19H,15H2,1-6H3,(H,26,28)/t19-/m1/s1. The van der Waals surface area contributed by atoms with Crippen LogP contribution >= 0.6 is 0 Å². The van der Waals surface area contributed by atoms with Crippen LogP contribution in [0.15, 0.2) is 48.5 Å². The van der Waals surface area contributed by atoms with Crippen molar-refractivity contribution < 1.29 is 9.53 Å². The number of nitrogens with one attached hydrogen (secondary N) is 1. The maximum absolute atomic E-state index is 12.8. The summed E-state index contributed by atoms with van der Waals surface area (Å²) in [7, 11) is 3.66. The lowest BCUT2D eigenvalue weighted by Gasteiger charge is -2.25. The fourth-order valence-electron chi connectivity index (χ4n) is 3.73. The molecule has 0 aliphatic rings. The Morgan fingerprint density at radius 3 is 2.28 bits per heavy atom. The van der Waals surface area contributed by atoms with Crippen molar-refractivity contribution in [1.82, 2.24) is 4.90 Å². The second-order valence-electron chi connectivity index (χ2n) is 7.90. The minimum atomic E-state index is -0.248. The summed E-state index contributed by atoms with van der Waals surface area (Å²) < 4.78 is 5.29. The summed E-state index contributed by atoms with van der Waals surface area (Å²) in [5, 5.41) is 5.43. The van der Waals surface area contributed by atoms with E-state index in [1.165, 1.54) is 16.5 Å². The molecular weight excluding hydrogens is 360 g/mol. The number of nitrogens with zero attached hydrogens (tertiary/aromatic N) is 1. The molecule has 0 aromatic heterocycles. The van der Waals surface area contributed by atoms with Crippen molar-refractivity contribution in [1.29, 1.82) is 0 Å². The summed E-state index contributed by atoms with van der Waals surface area (Å²) >= 11 is 0. The lowest BCUT2D eigenvalue weighted by atomic mass is 10.0. The van der Waals surface area contributed by atoms with E-state index in [0.29, 0.717) is 6.54 Å². The predicted molar refractivity (Wildman–Crippen MR) is 121 cm³/mol. The summed E-state index contributed by atoms with van der Waals surface area (Å²) in [5.74, 6) is 0.863. The van der Waals surface area contributed by atoms with Crippen LogP contribution < -0.4 is 10.1 Å². The number of anilines is 1. The number of methoxy groups -OCH3 is 1. The third kappa shape index (κ3) is 4.77. The van der Waals surface area contributed by atoms with Crippen molar-refractivity contribution in [3.05, 3.63) is 70.8 Å².